The number of hydrogen-bond donors (Lipinski definition) is 1. The van der Waals surface area contributed by atoms with Crippen LogP contribution in [-0.2, 0) is 14.6 Å². The van der Waals surface area contributed by atoms with Crippen LogP contribution in [0.3, 0.4) is 0 Å². The second kappa shape index (κ2) is 14.0. The molecule has 0 spiro atoms. The van der Waals surface area contributed by atoms with Gasteiger partial charge in [0.05, 0.1) is 32.1 Å². The highest BCUT2D eigenvalue weighted by atomic mass is 127. The van der Waals surface area contributed by atoms with Crippen molar-refractivity contribution in [2.75, 3.05) is 58.5 Å². The molecule has 0 saturated heterocycles. The Morgan fingerprint density at radius 1 is 1.19 bits per heavy atom. The smallest absolute Gasteiger partial charge is 0.193 e. The number of para-hydroxylation sites is 1. The predicted molar refractivity (Wildman–Crippen MR) is 116 cm³/mol. The van der Waals surface area contributed by atoms with Gasteiger partial charge in [-0.15, -0.1) is 24.0 Å². The van der Waals surface area contributed by atoms with Gasteiger partial charge in [0.15, 0.2) is 5.96 Å². The maximum atomic E-state index is 11.0. The molecule has 0 bridgehead atoms. The predicted octanol–water partition coefficient (Wildman–Crippen LogP) is 1.64. The molecular formula is C17H30IN3O4S. The Kier molecular flexibility index (Phi) is 13.5. The zero-order chi connectivity index (χ0) is 18.5. The number of likely N-dealkylation sites (N-methyl/N-ethyl adjacent to an activating group) is 1. The number of hydrogen-bond acceptors (Lipinski definition) is 5. The third-order valence-corrected chi connectivity index (χ3v) is 4.14. The van der Waals surface area contributed by atoms with Gasteiger partial charge in [-0.3, -0.25) is 4.99 Å². The molecule has 0 unspecified atom stereocenters. The quantitative estimate of drug-likeness (QED) is 0.216. The van der Waals surface area contributed by atoms with E-state index in [1.165, 1.54) is 6.26 Å². The standard InChI is InChI=1S/C17H29N3O4S.HI/c1-4-18-17(19-10-12-23-14-15-25(3,21)22)20(2)11-13-24-16-8-6-5-7-9-16;/h5-9H,4,10-15H2,1-3H3,(H,18,19);1H. The van der Waals surface area contributed by atoms with E-state index in [1.54, 1.807) is 0 Å². The van der Waals surface area contributed by atoms with Gasteiger partial charge >= 0.3 is 0 Å². The van der Waals surface area contributed by atoms with Gasteiger partial charge in [-0.25, -0.2) is 8.42 Å². The number of nitrogens with one attached hydrogen (secondary N) is 1. The van der Waals surface area contributed by atoms with Crippen molar-refractivity contribution < 1.29 is 17.9 Å². The Morgan fingerprint density at radius 3 is 2.50 bits per heavy atom. The molecule has 0 atom stereocenters. The molecule has 7 nitrogen and oxygen atoms in total. The SMILES string of the molecule is CCNC(=NCCOCCS(C)(=O)=O)N(C)CCOc1ccccc1.I. The first kappa shape index (κ1) is 24.9. The van der Waals surface area contributed by atoms with Gasteiger partial charge in [-0.2, -0.15) is 0 Å². The topological polar surface area (TPSA) is 80.2 Å². The number of halogens is 1. The lowest BCUT2D eigenvalue weighted by molar-refractivity contribution is 0.157. The van der Waals surface area contributed by atoms with Crippen LogP contribution >= 0.6 is 24.0 Å². The van der Waals surface area contributed by atoms with E-state index in [2.05, 4.69) is 10.3 Å². The molecule has 1 aromatic rings. The normalized spacial score (nSPS) is 11.6. The minimum atomic E-state index is -2.98. The molecule has 0 heterocycles. The van der Waals surface area contributed by atoms with Gasteiger partial charge in [-0.05, 0) is 19.1 Å². The van der Waals surface area contributed by atoms with Crippen LogP contribution in [0.2, 0.25) is 0 Å². The zero-order valence-electron chi connectivity index (χ0n) is 15.7. The zero-order valence-corrected chi connectivity index (χ0v) is 18.8. The molecule has 0 aromatic heterocycles. The second-order valence-corrected chi connectivity index (χ2v) is 7.82. The van der Waals surface area contributed by atoms with E-state index in [0.717, 1.165) is 18.3 Å². The maximum Gasteiger partial charge on any atom is 0.193 e. The van der Waals surface area contributed by atoms with Crippen LogP contribution in [0.1, 0.15) is 6.92 Å². The molecule has 0 amide bonds. The van der Waals surface area contributed by atoms with E-state index in [4.69, 9.17) is 9.47 Å². The summed E-state index contributed by atoms with van der Waals surface area (Å²) in [6.07, 6.45) is 1.20. The van der Waals surface area contributed by atoms with Crippen molar-refractivity contribution in [1.82, 2.24) is 10.2 Å². The highest BCUT2D eigenvalue weighted by molar-refractivity contribution is 14.0. The number of guanidine groups is 1. The Hall–Kier alpha value is -1.07. The molecule has 0 aliphatic carbocycles. The highest BCUT2D eigenvalue weighted by Gasteiger charge is 2.06. The van der Waals surface area contributed by atoms with Gasteiger partial charge in [0.1, 0.15) is 22.2 Å². The third-order valence-electron chi connectivity index (χ3n) is 3.23. The summed E-state index contributed by atoms with van der Waals surface area (Å²) >= 11 is 0. The third kappa shape index (κ3) is 12.3. The maximum absolute atomic E-state index is 11.0. The summed E-state index contributed by atoms with van der Waals surface area (Å²) in [5.74, 6) is 1.65. The lowest BCUT2D eigenvalue weighted by Crippen LogP contribution is -2.41. The van der Waals surface area contributed by atoms with Crippen molar-refractivity contribution in [3.63, 3.8) is 0 Å². The van der Waals surface area contributed by atoms with E-state index < -0.39 is 9.84 Å². The largest absolute Gasteiger partial charge is 0.492 e. The van der Waals surface area contributed by atoms with Crippen LogP contribution < -0.4 is 10.1 Å². The number of sulfone groups is 1. The molecule has 1 aromatic carbocycles. The van der Waals surface area contributed by atoms with E-state index >= 15 is 0 Å². The Morgan fingerprint density at radius 2 is 1.88 bits per heavy atom. The van der Waals surface area contributed by atoms with E-state index in [9.17, 15) is 8.42 Å². The molecule has 26 heavy (non-hydrogen) atoms. The molecule has 9 heteroatoms. The monoisotopic (exact) mass is 499 g/mol. The summed E-state index contributed by atoms with van der Waals surface area (Å²) in [5.41, 5.74) is 0. The fraction of sp³-hybridized carbons (Fsp3) is 0.588. The van der Waals surface area contributed by atoms with Gasteiger partial charge in [0, 0.05) is 19.8 Å². The van der Waals surface area contributed by atoms with Crippen LogP contribution in [0.25, 0.3) is 0 Å². The molecule has 0 fully saturated rings. The minimum absolute atomic E-state index is 0. The van der Waals surface area contributed by atoms with Crippen molar-refractivity contribution in [1.29, 1.82) is 0 Å². The highest BCUT2D eigenvalue weighted by Crippen LogP contribution is 2.07. The molecular weight excluding hydrogens is 469 g/mol. The van der Waals surface area contributed by atoms with E-state index in [1.807, 2.05) is 49.2 Å². The number of benzene rings is 1. The Labute approximate surface area is 174 Å². The van der Waals surface area contributed by atoms with Crippen molar-refractivity contribution in [2.45, 2.75) is 6.92 Å². The summed E-state index contributed by atoms with van der Waals surface area (Å²) in [7, 11) is -1.03. The van der Waals surface area contributed by atoms with Crippen molar-refractivity contribution in [2.24, 2.45) is 4.99 Å². The summed E-state index contributed by atoms with van der Waals surface area (Å²) in [5, 5.41) is 3.22. The van der Waals surface area contributed by atoms with Crippen LogP contribution in [0, 0.1) is 0 Å². The molecule has 0 saturated carbocycles. The molecule has 1 N–H and O–H groups in total. The first-order valence-electron chi connectivity index (χ1n) is 8.35. The Balaban J connectivity index is 0.00000625. The number of aliphatic imine (C=N–C) groups is 1. The van der Waals surface area contributed by atoms with Gasteiger partial charge in [-0.1, -0.05) is 18.2 Å². The molecule has 1 rings (SSSR count). The van der Waals surface area contributed by atoms with Crippen LogP contribution in [-0.4, -0.2) is 77.8 Å². The van der Waals surface area contributed by atoms with Crippen LogP contribution in [0.4, 0.5) is 0 Å². The minimum Gasteiger partial charge on any atom is -0.492 e. The Bertz CT molecular complexity index is 612. The molecule has 0 aliphatic heterocycles. The molecule has 0 aliphatic rings. The summed E-state index contributed by atoms with van der Waals surface area (Å²) in [6.45, 7) is 5.07. The number of ether oxygens (including phenoxy) is 2. The first-order valence-corrected chi connectivity index (χ1v) is 10.4. The lowest BCUT2D eigenvalue weighted by Gasteiger charge is -2.22. The van der Waals surface area contributed by atoms with E-state index in [-0.39, 0.29) is 36.3 Å². The van der Waals surface area contributed by atoms with Gasteiger partial charge in [0.25, 0.3) is 0 Å². The molecule has 150 valence electrons. The first-order chi connectivity index (χ1) is 11.9. The summed E-state index contributed by atoms with van der Waals surface area (Å²) in [4.78, 5) is 6.46. The van der Waals surface area contributed by atoms with Crippen molar-refractivity contribution >= 4 is 39.8 Å². The van der Waals surface area contributed by atoms with Gasteiger partial charge < -0.3 is 19.7 Å². The second-order valence-electron chi connectivity index (χ2n) is 5.56. The number of rotatable bonds is 11. The van der Waals surface area contributed by atoms with Crippen molar-refractivity contribution in [3.05, 3.63) is 30.3 Å². The summed E-state index contributed by atoms with van der Waals surface area (Å²) < 4.78 is 33.0. The van der Waals surface area contributed by atoms with Gasteiger partial charge in [0.2, 0.25) is 0 Å². The van der Waals surface area contributed by atoms with Crippen LogP contribution in [0.15, 0.2) is 35.3 Å². The van der Waals surface area contributed by atoms with E-state index in [0.29, 0.717) is 26.3 Å². The fourth-order valence-electron chi connectivity index (χ4n) is 1.92. The summed E-state index contributed by atoms with van der Waals surface area (Å²) in [6, 6.07) is 9.68. The molecule has 0 radical (unpaired) electrons. The average Bonchev–Trinajstić information content (AvgIpc) is 2.57. The van der Waals surface area contributed by atoms with Crippen LogP contribution in [0.5, 0.6) is 5.75 Å². The fourth-order valence-corrected chi connectivity index (χ4v) is 2.34. The number of nitrogens with zero attached hydrogens (tertiary/aromatic N) is 2. The average molecular weight is 499 g/mol. The van der Waals surface area contributed by atoms with Crippen molar-refractivity contribution in [3.8, 4) is 5.75 Å². The lowest BCUT2D eigenvalue weighted by atomic mass is 10.3.